The fourth-order valence-corrected chi connectivity index (χ4v) is 3.23. The Morgan fingerprint density at radius 3 is 2.00 bits per heavy atom. The molecule has 21 heavy (non-hydrogen) atoms. The van der Waals surface area contributed by atoms with Gasteiger partial charge < -0.3 is 4.74 Å². The van der Waals surface area contributed by atoms with Crippen molar-refractivity contribution in [3.05, 3.63) is 71.8 Å². The number of carbonyl (C=O) groups is 1. The lowest BCUT2D eigenvalue weighted by molar-refractivity contribution is -0.167. The Morgan fingerprint density at radius 2 is 1.43 bits per heavy atom. The molecule has 0 spiro atoms. The number of carbonyl (C=O) groups excluding carboxylic acids is 1. The molecule has 0 bridgehead atoms. The minimum Gasteiger partial charge on any atom is -0.459 e. The highest BCUT2D eigenvalue weighted by Gasteiger charge is 2.43. The topological polar surface area (TPSA) is 26.3 Å². The van der Waals surface area contributed by atoms with E-state index in [0.717, 1.165) is 12.0 Å². The number of rotatable bonds is 2. The third kappa shape index (κ3) is 2.85. The predicted molar refractivity (Wildman–Crippen MR) is 83.2 cm³/mol. The fourth-order valence-electron chi connectivity index (χ4n) is 3.23. The first-order valence-electron chi connectivity index (χ1n) is 7.39. The van der Waals surface area contributed by atoms with Crippen molar-refractivity contribution >= 4 is 5.97 Å². The lowest BCUT2D eigenvalue weighted by atomic mass is 9.74. The van der Waals surface area contributed by atoms with E-state index < -0.39 is 5.60 Å². The Hall–Kier alpha value is -2.09. The summed E-state index contributed by atoms with van der Waals surface area (Å²) < 4.78 is 5.65. The Balaban J connectivity index is 2.04. The first kappa shape index (κ1) is 13.9. The van der Waals surface area contributed by atoms with E-state index in [0.29, 0.717) is 0 Å². The number of hydrogen-bond donors (Lipinski definition) is 0. The zero-order chi connectivity index (χ0) is 14.9. The van der Waals surface area contributed by atoms with Gasteiger partial charge in [-0.1, -0.05) is 60.7 Å². The molecule has 2 nitrogen and oxygen atoms in total. The Labute approximate surface area is 125 Å². The van der Waals surface area contributed by atoms with Gasteiger partial charge in [-0.05, 0) is 31.4 Å². The molecule has 0 aromatic heterocycles. The Kier molecular flexibility index (Phi) is 3.54. The summed E-state index contributed by atoms with van der Waals surface area (Å²) in [4.78, 5) is 12.6. The molecule has 1 aliphatic rings. The molecule has 0 aliphatic carbocycles. The van der Waals surface area contributed by atoms with E-state index in [1.54, 1.807) is 0 Å². The monoisotopic (exact) mass is 280 g/mol. The zero-order valence-electron chi connectivity index (χ0n) is 12.5. The van der Waals surface area contributed by atoms with E-state index in [1.165, 1.54) is 5.56 Å². The molecule has 0 radical (unpaired) electrons. The Bertz CT molecular complexity index is 617. The van der Waals surface area contributed by atoms with Crippen LogP contribution in [0.25, 0.3) is 0 Å². The normalized spacial score (nSPS) is 24.4. The van der Waals surface area contributed by atoms with Crippen LogP contribution in [0.4, 0.5) is 0 Å². The van der Waals surface area contributed by atoms with Crippen molar-refractivity contribution in [3.8, 4) is 0 Å². The van der Waals surface area contributed by atoms with Gasteiger partial charge in [-0.2, -0.15) is 0 Å². The van der Waals surface area contributed by atoms with Gasteiger partial charge in [0.1, 0.15) is 5.60 Å². The number of cyclic esters (lactones) is 1. The molecule has 1 fully saturated rings. The van der Waals surface area contributed by atoms with Crippen molar-refractivity contribution in [1.82, 2.24) is 0 Å². The number of benzene rings is 2. The van der Waals surface area contributed by atoms with Crippen molar-refractivity contribution in [3.63, 3.8) is 0 Å². The maximum atomic E-state index is 12.6. The lowest BCUT2D eigenvalue weighted by Crippen LogP contribution is -2.41. The summed E-state index contributed by atoms with van der Waals surface area (Å²) in [6.07, 6.45) is 0.836. The molecule has 2 heteroatoms. The molecule has 2 atom stereocenters. The fraction of sp³-hybridized carbons (Fsp3) is 0.316. The second kappa shape index (κ2) is 5.36. The minimum absolute atomic E-state index is 0.119. The van der Waals surface area contributed by atoms with E-state index in [4.69, 9.17) is 4.74 Å². The summed E-state index contributed by atoms with van der Waals surface area (Å²) in [6.45, 7) is 3.98. The lowest BCUT2D eigenvalue weighted by Gasteiger charge is -2.40. The van der Waals surface area contributed by atoms with Crippen LogP contribution in [0, 0.1) is 0 Å². The van der Waals surface area contributed by atoms with Crippen LogP contribution in [0.1, 0.15) is 43.2 Å². The van der Waals surface area contributed by atoms with Gasteiger partial charge in [0.2, 0.25) is 0 Å². The van der Waals surface area contributed by atoms with E-state index in [1.807, 2.05) is 62.4 Å². The molecule has 2 unspecified atom stereocenters. The van der Waals surface area contributed by atoms with Gasteiger partial charge in [-0.3, -0.25) is 4.79 Å². The predicted octanol–water partition coefficient (Wildman–Crippen LogP) is 4.28. The van der Waals surface area contributed by atoms with Gasteiger partial charge in [0.25, 0.3) is 0 Å². The summed E-state index contributed by atoms with van der Waals surface area (Å²) >= 11 is 0. The summed E-state index contributed by atoms with van der Waals surface area (Å²) in [5.41, 5.74) is 1.83. The zero-order valence-corrected chi connectivity index (χ0v) is 12.5. The van der Waals surface area contributed by atoms with Crippen molar-refractivity contribution in [2.45, 2.75) is 37.7 Å². The van der Waals surface area contributed by atoms with Crippen LogP contribution in [0.3, 0.4) is 0 Å². The van der Waals surface area contributed by atoms with Gasteiger partial charge in [0.05, 0.1) is 5.92 Å². The van der Waals surface area contributed by atoms with Crippen molar-refractivity contribution in [2.75, 3.05) is 0 Å². The van der Waals surface area contributed by atoms with Crippen molar-refractivity contribution < 1.29 is 9.53 Å². The standard InChI is InChI=1S/C19H20O2/c1-19(2)13-16(14-9-5-3-6-10-14)17(18(20)21-19)15-11-7-4-8-12-15/h3-12,16-17H,13H2,1-2H3. The van der Waals surface area contributed by atoms with Crippen LogP contribution >= 0.6 is 0 Å². The molecule has 2 aromatic rings. The van der Waals surface area contributed by atoms with Crippen molar-refractivity contribution in [1.29, 1.82) is 0 Å². The maximum absolute atomic E-state index is 12.6. The van der Waals surface area contributed by atoms with Crippen LogP contribution in [-0.2, 0) is 9.53 Å². The van der Waals surface area contributed by atoms with E-state index in [-0.39, 0.29) is 17.8 Å². The number of esters is 1. The van der Waals surface area contributed by atoms with Crippen LogP contribution < -0.4 is 0 Å². The third-order valence-electron chi connectivity index (χ3n) is 4.13. The maximum Gasteiger partial charge on any atom is 0.314 e. The van der Waals surface area contributed by atoms with E-state index in [2.05, 4.69) is 12.1 Å². The molecule has 1 saturated heterocycles. The third-order valence-corrected chi connectivity index (χ3v) is 4.13. The second-order valence-electron chi connectivity index (χ2n) is 6.29. The quantitative estimate of drug-likeness (QED) is 0.767. The highest BCUT2D eigenvalue weighted by Crippen LogP contribution is 2.44. The summed E-state index contributed by atoms with van der Waals surface area (Å²) in [5.74, 6) is -0.183. The molecular formula is C19H20O2. The van der Waals surface area contributed by atoms with Gasteiger partial charge in [0, 0.05) is 5.92 Å². The SMILES string of the molecule is CC1(C)CC(c2ccccc2)C(c2ccccc2)C(=O)O1. The highest BCUT2D eigenvalue weighted by atomic mass is 16.6. The van der Waals surface area contributed by atoms with Gasteiger partial charge >= 0.3 is 5.97 Å². The largest absolute Gasteiger partial charge is 0.459 e. The first-order chi connectivity index (χ1) is 10.1. The molecule has 1 heterocycles. The van der Waals surface area contributed by atoms with Gasteiger partial charge in [-0.25, -0.2) is 0 Å². The average Bonchev–Trinajstić information content (AvgIpc) is 2.47. The summed E-state index contributed by atoms with van der Waals surface area (Å²) in [6, 6.07) is 20.2. The molecule has 0 N–H and O–H groups in total. The molecule has 2 aromatic carbocycles. The molecule has 0 amide bonds. The van der Waals surface area contributed by atoms with Crippen LogP contribution in [0.5, 0.6) is 0 Å². The molecule has 108 valence electrons. The van der Waals surface area contributed by atoms with Gasteiger partial charge in [-0.15, -0.1) is 0 Å². The molecule has 0 saturated carbocycles. The average molecular weight is 280 g/mol. The summed E-state index contributed by atoms with van der Waals surface area (Å²) in [5, 5.41) is 0. The van der Waals surface area contributed by atoms with Crippen LogP contribution in [-0.4, -0.2) is 11.6 Å². The van der Waals surface area contributed by atoms with Crippen molar-refractivity contribution in [2.24, 2.45) is 0 Å². The molecule has 3 rings (SSSR count). The Morgan fingerprint density at radius 1 is 0.905 bits per heavy atom. The smallest absolute Gasteiger partial charge is 0.314 e. The van der Waals surface area contributed by atoms with Crippen LogP contribution in [0.15, 0.2) is 60.7 Å². The highest BCUT2D eigenvalue weighted by molar-refractivity contribution is 5.81. The molecule has 1 aliphatic heterocycles. The first-order valence-corrected chi connectivity index (χ1v) is 7.39. The molecular weight excluding hydrogens is 260 g/mol. The van der Waals surface area contributed by atoms with E-state index >= 15 is 0 Å². The summed E-state index contributed by atoms with van der Waals surface area (Å²) in [7, 11) is 0. The van der Waals surface area contributed by atoms with Gasteiger partial charge in [0.15, 0.2) is 0 Å². The van der Waals surface area contributed by atoms with Crippen LogP contribution in [0.2, 0.25) is 0 Å². The number of ether oxygens (including phenoxy) is 1. The second-order valence-corrected chi connectivity index (χ2v) is 6.29. The number of hydrogen-bond acceptors (Lipinski definition) is 2. The van der Waals surface area contributed by atoms with E-state index in [9.17, 15) is 4.79 Å². The minimum atomic E-state index is -0.414.